The van der Waals surface area contributed by atoms with E-state index in [0.29, 0.717) is 24.3 Å². The monoisotopic (exact) mass is 305 g/mol. The Bertz CT molecular complexity index is 538. The first-order chi connectivity index (χ1) is 10.3. The van der Waals surface area contributed by atoms with Gasteiger partial charge in [-0.3, -0.25) is 14.4 Å². The molecule has 120 valence electrons. The molecule has 2 amide bonds. The highest BCUT2D eigenvalue weighted by Gasteiger charge is 2.14. The Morgan fingerprint density at radius 3 is 2.05 bits per heavy atom. The van der Waals surface area contributed by atoms with Gasteiger partial charge < -0.3 is 15.1 Å². The number of carbonyl (C=O) groups excluding carboxylic acids is 3. The lowest BCUT2D eigenvalue weighted by Crippen LogP contribution is -2.40. The molecule has 0 aromatic heterocycles. The van der Waals surface area contributed by atoms with Gasteiger partial charge in [-0.2, -0.15) is 0 Å². The molecule has 0 unspecified atom stereocenters. The number of hydrogen-bond acceptors (Lipinski definition) is 4. The third kappa shape index (κ3) is 6.05. The summed E-state index contributed by atoms with van der Waals surface area (Å²) in [5, 5.41) is 2.72. The average molecular weight is 305 g/mol. The Morgan fingerprint density at radius 2 is 1.59 bits per heavy atom. The number of rotatable bonds is 7. The number of anilines is 1. The molecule has 1 aromatic carbocycles. The smallest absolute Gasteiger partial charge is 0.243 e. The molecule has 0 saturated heterocycles. The number of amides is 2. The molecule has 0 bridgehead atoms. The third-order valence-electron chi connectivity index (χ3n) is 3.17. The molecule has 6 nitrogen and oxygen atoms in total. The molecule has 1 N–H and O–H groups in total. The van der Waals surface area contributed by atoms with Gasteiger partial charge in [-0.05, 0) is 45.3 Å². The van der Waals surface area contributed by atoms with Crippen LogP contribution in [0.4, 0.5) is 5.69 Å². The van der Waals surface area contributed by atoms with E-state index in [-0.39, 0.29) is 24.1 Å². The minimum absolute atomic E-state index is 0.0115. The lowest BCUT2D eigenvalue weighted by molar-refractivity contribution is -0.132. The van der Waals surface area contributed by atoms with Gasteiger partial charge in [0.05, 0.1) is 6.54 Å². The molecule has 0 heterocycles. The Hall–Kier alpha value is -2.21. The number of benzene rings is 1. The van der Waals surface area contributed by atoms with E-state index in [0.717, 1.165) is 0 Å². The Morgan fingerprint density at radius 1 is 1.00 bits per heavy atom. The molecule has 0 fully saturated rings. The van der Waals surface area contributed by atoms with Crippen LogP contribution in [0.25, 0.3) is 0 Å². The van der Waals surface area contributed by atoms with E-state index in [4.69, 9.17) is 0 Å². The van der Waals surface area contributed by atoms with Gasteiger partial charge in [0.25, 0.3) is 0 Å². The van der Waals surface area contributed by atoms with Crippen molar-refractivity contribution < 1.29 is 14.4 Å². The lowest BCUT2D eigenvalue weighted by atomic mass is 10.1. The number of Topliss-reactive ketones (excluding diaryl/α,β-unsaturated/α-hetero) is 1. The zero-order chi connectivity index (χ0) is 16.7. The van der Waals surface area contributed by atoms with Crippen LogP contribution in [0, 0.1) is 0 Å². The molecular weight excluding hydrogens is 282 g/mol. The molecule has 0 radical (unpaired) electrons. The Balaban J connectivity index is 2.59. The fourth-order valence-electron chi connectivity index (χ4n) is 1.83. The largest absolute Gasteiger partial charge is 0.332 e. The standard InChI is InChI=1S/C16H23N3O3/c1-12(20)14-5-7-15(8-6-14)17-16(22)11-19(13(2)21)10-9-18(3)4/h5-8H,9-11H2,1-4H3,(H,17,22). The maximum atomic E-state index is 12.0. The van der Waals surface area contributed by atoms with E-state index in [1.165, 1.54) is 18.7 Å². The van der Waals surface area contributed by atoms with E-state index in [1.807, 2.05) is 19.0 Å². The zero-order valence-corrected chi connectivity index (χ0v) is 13.5. The van der Waals surface area contributed by atoms with Gasteiger partial charge in [0.2, 0.25) is 11.8 Å². The summed E-state index contributed by atoms with van der Waals surface area (Å²) in [5.41, 5.74) is 1.19. The highest BCUT2D eigenvalue weighted by Crippen LogP contribution is 2.10. The SMILES string of the molecule is CC(=O)c1ccc(NC(=O)CN(CCN(C)C)C(C)=O)cc1. The summed E-state index contributed by atoms with van der Waals surface area (Å²) in [6.45, 7) is 4.14. The van der Waals surface area contributed by atoms with Crippen LogP contribution >= 0.6 is 0 Å². The predicted molar refractivity (Wildman–Crippen MR) is 85.9 cm³/mol. The average Bonchev–Trinajstić information content (AvgIpc) is 2.43. The highest BCUT2D eigenvalue weighted by atomic mass is 16.2. The first-order valence-electron chi connectivity index (χ1n) is 7.10. The van der Waals surface area contributed by atoms with Gasteiger partial charge in [0.1, 0.15) is 0 Å². The fraction of sp³-hybridized carbons (Fsp3) is 0.438. The Labute approximate surface area is 131 Å². The maximum Gasteiger partial charge on any atom is 0.243 e. The van der Waals surface area contributed by atoms with Crippen LogP contribution in [0.1, 0.15) is 24.2 Å². The van der Waals surface area contributed by atoms with Crippen LogP contribution in [0.2, 0.25) is 0 Å². The van der Waals surface area contributed by atoms with Crippen molar-refractivity contribution in [3.05, 3.63) is 29.8 Å². The minimum atomic E-state index is -0.260. The highest BCUT2D eigenvalue weighted by molar-refractivity contribution is 5.96. The summed E-state index contributed by atoms with van der Waals surface area (Å²) in [4.78, 5) is 38.2. The predicted octanol–water partition coefficient (Wildman–Crippen LogP) is 1.24. The number of ketones is 1. The van der Waals surface area contributed by atoms with Crippen molar-refractivity contribution in [3.8, 4) is 0 Å². The van der Waals surface area contributed by atoms with Gasteiger partial charge in [-0.25, -0.2) is 0 Å². The molecular formula is C16H23N3O3. The van der Waals surface area contributed by atoms with Gasteiger partial charge in [0, 0.05) is 31.3 Å². The second-order valence-corrected chi connectivity index (χ2v) is 5.43. The van der Waals surface area contributed by atoms with Crippen LogP contribution in [-0.4, -0.2) is 61.1 Å². The molecule has 0 aliphatic heterocycles. The summed E-state index contributed by atoms with van der Waals surface area (Å²) in [5.74, 6) is -0.419. The first-order valence-corrected chi connectivity index (χ1v) is 7.10. The Kier molecular flexibility index (Phi) is 6.72. The van der Waals surface area contributed by atoms with E-state index in [2.05, 4.69) is 5.32 Å². The van der Waals surface area contributed by atoms with Crippen molar-refractivity contribution in [2.24, 2.45) is 0 Å². The fourth-order valence-corrected chi connectivity index (χ4v) is 1.83. The van der Waals surface area contributed by atoms with Gasteiger partial charge in [-0.1, -0.05) is 0 Å². The second kappa shape index (κ2) is 8.29. The van der Waals surface area contributed by atoms with Crippen molar-refractivity contribution in [2.45, 2.75) is 13.8 Å². The second-order valence-electron chi connectivity index (χ2n) is 5.43. The molecule has 0 saturated carbocycles. The van der Waals surface area contributed by atoms with E-state index in [9.17, 15) is 14.4 Å². The normalized spacial score (nSPS) is 10.4. The molecule has 6 heteroatoms. The summed E-state index contributed by atoms with van der Waals surface area (Å²) in [6, 6.07) is 6.67. The van der Waals surface area contributed by atoms with Crippen molar-refractivity contribution in [3.63, 3.8) is 0 Å². The van der Waals surface area contributed by atoms with Crippen LogP contribution in [0.5, 0.6) is 0 Å². The molecule has 0 spiro atoms. The molecule has 0 atom stereocenters. The number of carbonyl (C=O) groups is 3. The first kappa shape index (κ1) is 17.8. The van der Waals surface area contributed by atoms with E-state index >= 15 is 0 Å². The third-order valence-corrected chi connectivity index (χ3v) is 3.17. The van der Waals surface area contributed by atoms with Crippen molar-refractivity contribution in [2.75, 3.05) is 39.0 Å². The number of nitrogens with one attached hydrogen (secondary N) is 1. The lowest BCUT2D eigenvalue weighted by Gasteiger charge is -2.22. The van der Waals surface area contributed by atoms with Crippen LogP contribution in [-0.2, 0) is 9.59 Å². The topological polar surface area (TPSA) is 69.7 Å². The quantitative estimate of drug-likeness (QED) is 0.770. The molecule has 1 rings (SSSR count). The number of likely N-dealkylation sites (N-methyl/N-ethyl adjacent to an activating group) is 1. The van der Waals surface area contributed by atoms with E-state index in [1.54, 1.807) is 24.3 Å². The van der Waals surface area contributed by atoms with Gasteiger partial charge >= 0.3 is 0 Å². The van der Waals surface area contributed by atoms with Crippen LogP contribution in [0.3, 0.4) is 0 Å². The van der Waals surface area contributed by atoms with Gasteiger partial charge in [0.15, 0.2) is 5.78 Å². The summed E-state index contributed by atoms with van der Waals surface area (Å²) in [7, 11) is 3.82. The van der Waals surface area contributed by atoms with Crippen LogP contribution in [0.15, 0.2) is 24.3 Å². The molecule has 0 aliphatic carbocycles. The molecule has 0 aliphatic rings. The minimum Gasteiger partial charge on any atom is -0.332 e. The zero-order valence-electron chi connectivity index (χ0n) is 13.5. The summed E-state index contributed by atoms with van der Waals surface area (Å²) >= 11 is 0. The van der Waals surface area contributed by atoms with Crippen molar-refractivity contribution in [1.29, 1.82) is 0 Å². The maximum absolute atomic E-state index is 12.0. The van der Waals surface area contributed by atoms with Crippen molar-refractivity contribution in [1.82, 2.24) is 9.80 Å². The summed E-state index contributed by atoms with van der Waals surface area (Å²) in [6.07, 6.45) is 0. The van der Waals surface area contributed by atoms with Crippen molar-refractivity contribution >= 4 is 23.3 Å². The number of nitrogens with zero attached hydrogens (tertiary/aromatic N) is 2. The number of hydrogen-bond donors (Lipinski definition) is 1. The molecule has 22 heavy (non-hydrogen) atoms. The summed E-state index contributed by atoms with van der Waals surface area (Å²) < 4.78 is 0. The van der Waals surface area contributed by atoms with Gasteiger partial charge in [-0.15, -0.1) is 0 Å². The van der Waals surface area contributed by atoms with Crippen LogP contribution < -0.4 is 5.32 Å². The molecule has 1 aromatic rings. The van der Waals surface area contributed by atoms with E-state index < -0.39 is 0 Å².